The summed E-state index contributed by atoms with van der Waals surface area (Å²) in [6.07, 6.45) is 1.06. The number of carbonyl (C=O) groups excluding carboxylic acids is 2. The van der Waals surface area contributed by atoms with E-state index in [1.54, 1.807) is 32.0 Å². The number of hydrogen-bond donors (Lipinski definition) is 2. The van der Waals surface area contributed by atoms with Gasteiger partial charge in [0.2, 0.25) is 10.0 Å². The first-order chi connectivity index (χ1) is 13.6. The summed E-state index contributed by atoms with van der Waals surface area (Å²) < 4.78 is 30.0. The fraction of sp³-hybridized carbons (Fsp3) is 0.400. The third-order valence-electron chi connectivity index (χ3n) is 4.96. The van der Waals surface area contributed by atoms with E-state index in [2.05, 4.69) is 5.32 Å². The van der Waals surface area contributed by atoms with Gasteiger partial charge in [-0.2, -0.15) is 0 Å². The van der Waals surface area contributed by atoms with Crippen molar-refractivity contribution in [3.63, 3.8) is 0 Å². The molecule has 1 aliphatic carbocycles. The molecule has 0 unspecified atom stereocenters. The Morgan fingerprint density at radius 3 is 2.41 bits per heavy atom. The number of sulfonamides is 1. The molecule has 8 nitrogen and oxygen atoms in total. The molecule has 3 N–H and O–H groups in total. The number of carbonyl (C=O) groups is 2. The van der Waals surface area contributed by atoms with Crippen LogP contribution in [0.15, 0.2) is 35.2 Å². The highest BCUT2D eigenvalue weighted by Gasteiger charge is 2.28. The molecule has 0 aliphatic heterocycles. The first kappa shape index (κ1) is 21.1. The molecule has 1 aliphatic rings. The molecule has 3 rings (SSSR count). The molecule has 1 fully saturated rings. The van der Waals surface area contributed by atoms with Crippen LogP contribution in [0.4, 0.5) is 0 Å². The Morgan fingerprint density at radius 1 is 1.24 bits per heavy atom. The molecule has 0 spiro atoms. The average Bonchev–Trinajstić information content (AvgIpc) is 3.42. The molecule has 0 bridgehead atoms. The summed E-state index contributed by atoms with van der Waals surface area (Å²) in [6.45, 7) is 5.68. The van der Waals surface area contributed by atoms with Gasteiger partial charge in [0.25, 0.3) is 5.91 Å². The summed E-state index contributed by atoms with van der Waals surface area (Å²) in [7, 11) is -3.74. The first-order valence-electron chi connectivity index (χ1n) is 9.36. The fourth-order valence-electron chi connectivity index (χ4n) is 3.04. The van der Waals surface area contributed by atoms with E-state index in [1.165, 1.54) is 12.1 Å². The molecule has 1 aromatic carbocycles. The molecule has 1 atom stereocenters. The van der Waals surface area contributed by atoms with Crippen LogP contribution in [0.25, 0.3) is 0 Å². The maximum absolute atomic E-state index is 12.6. The van der Waals surface area contributed by atoms with Gasteiger partial charge < -0.3 is 14.6 Å². The number of benzene rings is 1. The number of esters is 1. The average molecular weight is 420 g/mol. The van der Waals surface area contributed by atoms with E-state index >= 15 is 0 Å². The van der Waals surface area contributed by atoms with Crippen LogP contribution in [0.2, 0.25) is 0 Å². The van der Waals surface area contributed by atoms with Crippen LogP contribution in [0, 0.1) is 13.8 Å². The van der Waals surface area contributed by atoms with Gasteiger partial charge in [-0.05, 0) is 57.4 Å². The third kappa shape index (κ3) is 5.04. The summed E-state index contributed by atoms with van der Waals surface area (Å²) >= 11 is 0. The minimum Gasteiger partial charge on any atom is -0.449 e. The minimum absolute atomic E-state index is 0.0462. The second-order valence-electron chi connectivity index (χ2n) is 7.39. The van der Waals surface area contributed by atoms with Crippen molar-refractivity contribution in [1.82, 2.24) is 9.88 Å². The molecular formula is C20H25N3O5S. The lowest BCUT2D eigenvalue weighted by atomic mass is 10.2. The van der Waals surface area contributed by atoms with Gasteiger partial charge in [0, 0.05) is 24.0 Å². The zero-order chi connectivity index (χ0) is 21.3. The Bertz CT molecular complexity index is 1040. The summed E-state index contributed by atoms with van der Waals surface area (Å²) in [5.74, 6) is -0.836. The van der Waals surface area contributed by atoms with Crippen molar-refractivity contribution in [3.05, 3.63) is 52.8 Å². The maximum atomic E-state index is 12.6. The number of aromatic nitrogens is 1. The van der Waals surface area contributed by atoms with E-state index < -0.39 is 22.1 Å². The van der Waals surface area contributed by atoms with E-state index in [0.29, 0.717) is 17.8 Å². The number of nitrogens with zero attached hydrogens (tertiary/aromatic N) is 1. The molecule has 1 amide bonds. The van der Waals surface area contributed by atoms with Crippen molar-refractivity contribution in [2.24, 2.45) is 5.14 Å². The first-order valence-corrected chi connectivity index (χ1v) is 10.9. The van der Waals surface area contributed by atoms with Crippen molar-refractivity contribution in [1.29, 1.82) is 0 Å². The largest absolute Gasteiger partial charge is 0.449 e. The highest BCUT2D eigenvalue weighted by Crippen LogP contribution is 2.21. The van der Waals surface area contributed by atoms with Gasteiger partial charge in [-0.3, -0.25) is 4.79 Å². The number of hydrogen-bond acceptors (Lipinski definition) is 5. The van der Waals surface area contributed by atoms with Gasteiger partial charge in [0.05, 0.1) is 10.5 Å². The number of rotatable bonds is 7. The lowest BCUT2D eigenvalue weighted by Gasteiger charge is -2.14. The van der Waals surface area contributed by atoms with Gasteiger partial charge in [-0.1, -0.05) is 12.1 Å². The molecule has 9 heteroatoms. The smallest absolute Gasteiger partial charge is 0.340 e. The van der Waals surface area contributed by atoms with Crippen LogP contribution in [0.1, 0.15) is 47.1 Å². The van der Waals surface area contributed by atoms with Crippen LogP contribution in [0.3, 0.4) is 0 Å². The topological polar surface area (TPSA) is 120 Å². The monoisotopic (exact) mass is 419 g/mol. The number of nitrogens with two attached hydrogens (primary N) is 1. The SMILES string of the molecule is Cc1cc(C(=O)O[C@@H](C)C(=O)NC2CC2)c(C)n1Cc1ccc(S(N)(=O)=O)cc1. The minimum atomic E-state index is -3.74. The van der Waals surface area contributed by atoms with Crippen molar-refractivity contribution in [2.45, 2.75) is 57.2 Å². The lowest BCUT2D eigenvalue weighted by molar-refractivity contribution is -0.129. The molecule has 0 radical (unpaired) electrons. The van der Waals surface area contributed by atoms with Gasteiger partial charge >= 0.3 is 5.97 Å². The Morgan fingerprint density at radius 2 is 1.86 bits per heavy atom. The second-order valence-corrected chi connectivity index (χ2v) is 8.95. The van der Waals surface area contributed by atoms with Crippen molar-refractivity contribution < 1.29 is 22.7 Å². The van der Waals surface area contributed by atoms with Crippen LogP contribution in [-0.4, -0.2) is 37.0 Å². The summed E-state index contributed by atoms with van der Waals surface area (Å²) in [4.78, 5) is 24.6. The third-order valence-corrected chi connectivity index (χ3v) is 5.89. The molecule has 1 heterocycles. The Labute approximate surface area is 170 Å². The summed E-state index contributed by atoms with van der Waals surface area (Å²) in [6, 6.07) is 8.20. The Kier molecular flexibility index (Phi) is 5.81. The van der Waals surface area contributed by atoms with E-state index in [4.69, 9.17) is 9.88 Å². The summed E-state index contributed by atoms with van der Waals surface area (Å²) in [5, 5.41) is 7.94. The van der Waals surface area contributed by atoms with E-state index in [1.807, 2.05) is 11.5 Å². The van der Waals surface area contributed by atoms with E-state index in [9.17, 15) is 18.0 Å². The second kappa shape index (κ2) is 8.00. The van der Waals surface area contributed by atoms with Gasteiger partial charge in [0.15, 0.2) is 6.10 Å². The predicted molar refractivity (Wildman–Crippen MR) is 107 cm³/mol. The fourth-order valence-corrected chi connectivity index (χ4v) is 3.56. The zero-order valence-corrected chi connectivity index (χ0v) is 17.5. The van der Waals surface area contributed by atoms with Crippen molar-refractivity contribution in [2.75, 3.05) is 0 Å². The highest BCUT2D eigenvalue weighted by atomic mass is 32.2. The quantitative estimate of drug-likeness (QED) is 0.661. The van der Waals surface area contributed by atoms with Gasteiger partial charge in [-0.15, -0.1) is 0 Å². The Hall–Kier alpha value is -2.65. The molecule has 0 saturated heterocycles. The predicted octanol–water partition coefficient (Wildman–Crippen LogP) is 1.62. The van der Waals surface area contributed by atoms with Crippen LogP contribution >= 0.6 is 0 Å². The zero-order valence-electron chi connectivity index (χ0n) is 16.6. The molecular weight excluding hydrogens is 394 g/mol. The number of nitrogens with one attached hydrogen (secondary N) is 1. The summed E-state index contributed by atoms with van der Waals surface area (Å²) in [5.41, 5.74) is 2.81. The van der Waals surface area contributed by atoms with E-state index in [-0.39, 0.29) is 16.8 Å². The van der Waals surface area contributed by atoms with Crippen molar-refractivity contribution >= 4 is 21.9 Å². The number of amides is 1. The van der Waals surface area contributed by atoms with Gasteiger partial charge in [-0.25, -0.2) is 18.4 Å². The molecule has 29 heavy (non-hydrogen) atoms. The molecule has 2 aromatic rings. The van der Waals surface area contributed by atoms with Crippen LogP contribution in [0.5, 0.6) is 0 Å². The Balaban J connectivity index is 1.72. The lowest BCUT2D eigenvalue weighted by Crippen LogP contribution is -2.37. The van der Waals surface area contributed by atoms with E-state index in [0.717, 1.165) is 24.1 Å². The standard InChI is InChI=1S/C20H25N3O5S/c1-12-10-18(20(25)28-14(3)19(24)22-16-6-7-16)13(2)23(12)11-15-4-8-17(9-5-15)29(21,26)27/h4-5,8-10,14,16H,6-7,11H2,1-3H3,(H,22,24)(H2,21,26,27)/t14-/m0/s1. The number of aryl methyl sites for hydroxylation is 1. The highest BCUT2D eigenvalue weighted by molar-refractivity contribution is 7.89. The normalized spacial score (nSPS) is 15.0. The molecule has 1 saturated carbocycles. The van der Waals surface area contributed by atoms with Gasteiger partial charge in [0.1, 0.15) is 0 Å². The molecule has 1 aromatic heterocycles. The van der Waals surface area contributed by atoms with Crippen LogP contribution in [-0.2, 0) is 26.1 Å². The number of ether oxygens (including phenoxy) is 1. The maximum Gasteiger partial charge on any atom is 0.340 e. The molecule has 156 valence electrons. The van der Waals surface area contributed by atoms with Crippen molar-refractivity contribution in [3.8, 4) is 0 Å². The van der Waals surface area contributed by atoms with Crippen LogP contribution < -0.4 is 10.5 Å². The number of primary sulfonamides is 1.